The zero-order chi connectivity index (χ0) is 16.9. The molecular weight excluding hydrogens is 356 g/mol. The second-order valence-corrected chi connectivity index (χ2v) is 7.84. The Bertz CT molecular complexity index is 775. The summed E-state index contributed by atoms with van der Waals surface area (Å²) in [6, 6.07) is 13.1. The monoisotopic (exact) mass is 370 g/mol. The first-order valence-corrected chi connectivity index (χ1v) is 9.57. The van der Waals surface area contributed by atoms with Gasteiger partial charge in [-0.15, -0.1) is 11.8 Å². The smallest absolute Gasteiger partial charge is 0.238 e. The molecule has 0 bridgehead atoms. The molecule has 0 aliphatic carbocycles. The number of rotatable bonds is 6. The highest BCUT2D eigenvalue weighted by atomic mass is 35.5. The number of benzene rings is 2. The lowest BCUT2D eigenvalue weighted by molar-refractivity contribution is -0.115. The van der Waals surface area contributed by atoms with Crippen LogP contribution in [-0.4, -0.2) is 20.1 Å². The van der Waals surface area contributed by atoms with Gasteiger partial charge in [-0.25, -0.2) is 13.6 Å². The predicted octanol–water partition coefficient (Wildman–Crippen LogP) is 3.11. The van der Waals surface area contributed by atoms with Crippen LogP contribution >= 0.6 is 23.4 Å². The van der Waals surface area contributed by atoms with Gasteiger partial charge in [-0.1, -0.05) is 11.6 Å². The summed E-state index contributed by atoms with van der Waals surface area (Å²) in [6.45, 7) is 0. The van der Waals surface area contributed by atoms with Crippen molar-refractivity contribution in [2.45, 2.75) is 16.2 Å². The van der Waals surface area contributed by atoms with Crippen LogP contribution in [0.5, 0.6) is 0 Å². The van der Waals surface area contributed by atoms with E-state index in [1.54, 1.807) is 23.9 Å². The van der Waals surface area contributed by atoms with E-state index in [0.717, 1.165) is 4.90 Å². The highest BCUT2D eigenvalue weighted by molar-refractivity contribution is 7.99. The van der Waals surface area contributed by atoms with Crippen LogP contribution in [0.3, 0.4) is 0 Å². The van der Waals surface area contributed by atoms with E-state index in [4.69, 9.17) is 16.7 Å². The number of thioether (sulfide) groups is 1. The number of carbonyl (C=O) groups excluding carboxylic acids is 1. The van der Waals surface area contributed by atoms with Gasteiger partial charge in [0.2, 0.25) is 15.9 Å². The van der Waals surface area contributed by atoms with Gasteiger partial charge in [-0.3, -0.25) is 4.79 Å². The Kier molecular flexibility index (Phi) is 6.06. The maximum Gasteiger partial charge on any atom is 0.238 e. The Morgan fingerprint density at radius 2 is 1.70 bits per heavy atom. The summed E-state index contributed by atoms with van der Waals surface area (Å²) in [5.41, 5.74) is 0.527. The normalized spacial score (nSPS) is 11.2. The molecule has 0 unspecified atom stereocenters. The van der Waals surface area contributed by atoms with Crippen molar-refractivity contribution in [3.8, 4) is 0 Å². The van der Waals surface area contributed by atoms with Crippen LogP contribution in [-0.2, 0) is 14.8 Å². The summed E-state index contributed by atoms with van der Waals surface area (Å²) in [6.07, 6.45) is 0.338. The van der Waals surface area contributed by atoms with Crippen molar-refractivity contribution in [3.05, 3.63) is 53.6 Å². The van der Waals surface area contributed by atoms with Crippen molar-refractivity contribution >= 4 is 45.0 Å². The third kappa shape index (κ3) is 5.87. The van der Waals surface area contributed by atoms with Gasteiger partial charge in [0.05, 0.1) is 4.90 Å². The Morgan fingerprint density at radius 1 is 1.09 bits per heavy atom. The van der Waals surface area contributed by atoms with Crippen LogP contribution in [0.2, 0.25) is 5.02 Å². The number of hydrogen-bond acceptors (Lipinski definition) is 4. The number of halogens is 1. The molecule has 0 fully saturated rings. The number of nitrogens with two attached hydrogens (primary N) is 1. The molecule has 2 aromatic carbocycles. The molecule has 0 heterocycles. The van der Waals surface area contributed by atoms with E-state index in [1.807, 2.05) is 12.1 Å². The van der Waals surface area contributed by atoms with Crippen LogP contribution in [0.4, 0.5) is 5.69 Å². The quantitative estimate of drug-likeness (QED) is 0.764. The van der Waals surface area contributed by atoms with Crippen molar-refractivity contribution in [2.24, 2.45) is 5.14 Å². The molecule has 122 valence electrons. The number of primary sulfonamides is 1. The van der Waals surface area contributed by atoms with E-state index < -0.39 is 10.0 Å². The van der Waals surface area contributed by atoms with Crippen LogP contribution in [0.15, 0.2) is 58.3 Å². The molecule has 0 aliphatic rings. The number of sulfonamides is 1. The van der Waals surface area contributed by atoms with Gasteiger partial charge in [0.15, 0.2) is 0 Å². The average Bonchev–Trinajstić information content (AvgIpc) is 2.49. The van der Waals surface area contributed by atoms with Crippen molar-refractivity contribution < 1.29 is 13.2 Å². The molecule has 3 N–H and O–H groups in total. The molecule has 0 aliphatic heterocycles. The molecule has 1 amide bonds. The molecule has 5 nitrogen and oxygen atoms in total. The Balaban J connectivity index is 1.81. The molecule has 0 spiro atoms. The number of carbonyl (C=O) groups is 1. The molecule has 0 saturated carbocycles. The zero-order valence-electron chi connectivity index (χ0n) is 12.0. The molecular formula is C15H15ClN2O3S2. The van der Waals surface area contributed by atoms with Crippen molar-refractivity contribution in [2.75, 3.05) is 11.1 Å². The first-order valence-electron chi connectivity index (χ1n) is 6.66. The summed E-state index contributed by atoms with van der Waals surface area (Å²) in [4.78, 5) is 12.9. The number of hydrogen-bond donors (Lipinski definition) is 2. The van der Waals surface area contributed by atoms with E-state index in [0.29, 0.717) is 22.9 Å². The average molecular weight is 371 g/mol. The Hall–Kier alpha value is -1.54. The van der Waals surface area contributed by atoms with E-state index in [9.17, 15) is 13.2 Å². The third-order valence-electron chi connectivity index (χ3n) is 2.88. The molecule has 0 aromatic heterocycles. The molecule has 0 saturated heterocycles. The second kappa shape index (κ2) is 7.83. The number of amides is 1. The summed E-state index contributed by atoms with van der Waals surface area (Å²) in [7, 11) is -3.72. The topological polar surface area (TPSA) is 89.3 Å². The van der Waals surface area contributed by atoms with Crippen molar-refractivity contribution in [1.29, 1.82) is 0 Å². The van der Waals surface area contributed by atoms with E-state index >= 15 is 0 Å². The number of anilines is 1. The Labute approximate surface area is 144 Å². The van der Waals surface area contributed by atoms with Gasteiger partial charge >= 0.3 is 0 Å². The van der Waals surface area contributed by atoms with Gasteiger partial charge in [-0.05, 0) is 48.5 Å². The SMILES string of the molecule is NS(=O)(=O)c1ccc(NC(=O)CCSc2ccc(Cl)cc2)cc1. The first kappa shape index (κ1) is 17.8. The van der Waals surface area contributed by atoms with Crippen LogP contribution in [0.25, 0.3) is 0 Å². The second-order valence-electron chi connectivity index (χ2n) is 4.67. The summed E-state index contributed by atoms with van der Waals surface area (Å²) in [5, 5.41) is 8.40. The predicted molar refractivity (Wildman–Crippen MR) is 93.2 cm³/mol. The molecule has 0 radical (unpaired) electrons. The minimum atomic E-state index is -3.72. The van der Waals surface area contributed by atoms with Crippen LogP contribution in [0.1, 0.15) is 6.42 Å². The fourth-order valence-corrected chi connectivity index (χ4v) is 3.24. The third-order valence-corrected chi connectivity index (χ3v) is 5.07. The largest absolute Gasteiger partial charge is 0.326 e. The number of nitrogens with one attached hydrogen (secondary N) is 1. The first-order chi connectivity index (χ1) is 10.8. The van der Waals surface area contributed by atoms with Gasteiger partial charge in [0.1, 0.15) is 0 Å². The van der Waals surface area contributed by atoms with Crippen molar-refractivity contribution in [3.63, 3.8) is 0 Å². The van der Waals surface area contributed by atoms with E-state index in [-0.39, 0.29) is 10.8 Å². The highest BCUT2D eigenvalue weighted by Gasteiger charge is 2.08. The van der Waals surface area contributed by atoms with Gasteiger partial charge in [0, 0.05) is 27.8 Å². The maximum atomic E-state index is 11.9. The van der Waals surface area contributed by atoms with E-state index in [1.165, 1.54) is 24.3 Å². The molecule has 0 atom stereocenters. The summed E-state index contributed by atoms with van der Waals surface area (Å²) >= 11 is 7.37. The summed E-state index contributed by atoms with van der Waals surface area (Å²) in [5.74, 6) is 0.484. The molecule has 2 aromatic rings. The zero-order valence-corrected chi connectivity index (χ0v) is 14.4. The lowest BCUT2D eigenvalue weighted by atomic mass is 10.3. The minimum Gasteiger partial charge on any atom is -0.326 e. The van der Waals surface area contributed by atoms with Crippen LogP contribution < -0.4 is 10.5 Å². The fraction of sp³-hybridized carbons (Fsp3) is 0.133. The van der Waals surface area contributed by atoms with Gasteiger partial charge < -0.3 is 5.32 Å². The maximum absolute atomic E-state index is 11.9. The lowest BCUT2D eigenvalue weighted by Gasteiger charge is -2.06. The van der Waals surface area contributed by atoms with Crippen molar-refractivity contribution in [1.82, 2.24) is 0 Å². The molecule has 2 rings (SSSR count). The molecule has 8 heteroatoms. The van der Waals surface area contributed by atoms with Crippen LogP contribution in [0, 0.1) is 0 Å². The lowest BCUT2D eigenvalue weighted by Crippen LogP contribution is -2.14. The fourth-order valence-electron chi connectivity index (χ4n) is 1.74. The standard InChI is InChI=1S/C15H15ClN2O3S2/c16-11-1-5-13(6-2-11)22-10-9-15(19)18-12-3-7-14(8-4-12)23(17,20)21/h1-8H,9-10H2,(H,18,19)(H2,17,20,21). The minimum absolute atomic E-state index is 0.00814. The Morgan fingerprint density at radius 3 is 2.26 bits per heavy atom. The highest BCUT2D eigenvalue weighted by Crippen LogP contribution is 2.21. The molecule has 23 heavy (non-hydrogen) atoms. The van der Waals surface area contributed by atoms with E-state index in [2.05, 4.69) is 5.32 Å². The van der Waals surface area contributed by atoms with Gasteiger partial charge in [0.25, 0.3) is 0 Å². The summed E-state index contributed by atoms with van der Waals surface area (Å²) < 4.78 is 22.3. The van der Waals surface area contributed by atoms with Gasteiger partial charge in [-0.2, -0.15) is 0 Å².